The van der Waals surface area contributed by atoms with Crippen LogP contribution in [-0.2, 0) is 22.4 Å². The van der Waals surface area contributed by atoms with E-state index < -0.39 is 6.10 Å². The Morgan fingerprint density at radius 2 is 1.79 bits per heavy atom. The summed E-state index contributed by atoms with van der Waals surface area (Å²) in [5, 5.41) is 10.4. The van der Waals surface area contributed by atoms with Gasteiger partial charge in [0.15, 0.2) is 0 Å². The van der Waals surface area contributed by atoms with Crippen molar-refractivity contribution in [3.8, 4) is 5.75 Å². The first kappa shape index (κ1) is 20.9. The van der Waals surface area contributed by atoms with Crippen molar-refractivity contribution < 1.29 is 19.4 Å². The maximum atomic E-state index is 12.7. The fourth-order valence-electron chi connectivity index (χ4n) is 3.47. The summed E-state index contributed by atoms with van der Waals surface area (Å²) >= 11 is 0. The van der Waals surface area contributed by atoms with E-state index in [1.165, 1.54) is 4.90 Å². The van der Waals surface area contributed by atoms with Gasteiger partial charge in [-0.25, -0.2) is 0 Å². The molecule has 2 aromatic rings. The summed E-state index contributed by atoms with van der Waals surface area (Å²) < 4.78 is 5.41. The van der Waals surface area contributed by atoms with Crippen molar-refractivity contribution in [1.82, 2.24) is 9.80 Å². The predicted octanol–water partition coefficient (Wildman–Crippen LogP) is 1.90. The van der Waals surface area contributed by atoms with Crippen LogP contribution in [0.1, 0.15) is 18.1 Å². The number of ether oxygens (including phenoxy) is 1. The molecular weight excluding hydrogens is 368 g/mol. The van der Waals surface area contributed by atoms with Gasteiger partial charge in [-0.2, -0.15) is 0 Å². The minimum atomic E-state index is -0.749. The second kappa shape index (κ2) is 10.1. The first-order valence-corrected chi connectivity index (χ1v) is 10.0. The summed E-state index contributed by atoms with van der Waals surface area (Å²) in [7, 11) is 0. The third-order valence-corrected chi connectivity index (χ3v) is 5.00. The Balaban J connectivity index is 1.57. The van der Waals surface area contributed by atoms with Crippen molar-refractivity contribution >= 4 is 11.8 Å². The van der Waals surface area contributed by atoms with Crippen LogP contribution in [0.2, 0.25) is 0 Å². The smallest absolute Gasteiger partial charge is 0.242 e. The van der Waals surface area contributed by atoms with Crippen LogP contribution in [0.15, 0.2) is 54.6 Å². The van der Waals surface area contributed by atoms with Gasteiger partial charge in [0.2, 0.25) is 11.8 Å². The molecule has 2 amide bonds. The van der Waals surface area contributed by atoms with Crippen LogP contribution >= 0.6 is 0 Å². The van der Waals surface area contributed by atoms with Crippen LogP contribution in [0.25, 0.3) is 0 Å². The molecule has 1 heterocycles. The van der Waals surface area contributed by atoms with Gasteiger partial charge in [-0.05, 0) is 36.6 Å². The van der Waals surface area contributed by atoms with Gasteiger partial charge < -0.3 is 19.6 Å². The van der Waals surface area contributed by atoms with Crippen molar-refractivity contribution in [2.75, 3.05) is 32.8 Å². The normalized spacial score (nSPS) is 17.2. The molecule has 0 saturated carbocycles. The molecule has 2 aromatic carbocycles. The summed E-state index contributed by atoms with van der Waals surface area (Å²) in [4.78, 5) is 28.5. The SMILES string of the molecule is CCOc1ccc(CC(=O)N2CC(=O)N(CCc3ccccc3)CC(O)C2)cc1. The molecule has 1 saturated heterocycles. The van der Waals surface area contributed by atoms with E-state index in [0.717, 1.165) is 23.3 Å². The lowest BCUT2D eigenvalue weighted by atomic mass is 10.1. The zero-order valence-electron chi connectivity index (χ0n) is 16.8. The van der Waals surface area contributed by atoms with Crippen molar-refractivity contribution in [3.63, 3.8) is 0 Å². The molecule has 6 nitrogen and oxygen atoms in total. The largest absolute Gasteiger partial charge is 0.494 e. The lowest BCUT2D eigenvalue weighted by Gasteiger charge is -2.22. The number of rotatable bonds is 7. The van der Waals surface area contributed by atoms with E-state index in [0.29, 0.717) is 13.2 Å². The van der Waals surface area contributed by atoms with Crippen LogP contribution in [0, 0.1) is 0 Å². The van der Waals surface area contributed by atoms with Gasteiger partial charge in [-0.3, -0.25) is 9.59 Å². The number of β-amino-alcohol motifs (C(OH)–C–C–N with tert-alkyl or cyclic N) is 1. The van der Waals surface area contributed by atoms with Crippen LogP contribution < -0.4 is 4.74 Å². The third kappa shape index (κ3) is 6.06. The van der Waals surface area contributed by atoms with E-state index in [-0.39, 0.29) is 37.9 Å². The minimum absolute atomic E-state index is 0.00170. The van der Waals surface area contributed by atoms with Gasteiger partial charge >= 0.3 is 0 Å². The van der Waals surface area contributed by atoms with Gasteiger partial charge in [0.25, 0.3) is 0 Å². The Morgan fingerprint density at radius 1 is 1.07 bits per heavy atom. The van der Waals surface area contributed by atoms with Gasteiger partial charge in [0.1, 0.15) is 5.75 Å². The fraction of sp³-hybridized carbons (Fsp3) is 0.391. The molecule has 0 aliphatic carbocycles. The van der Waals surface area contributed by atoms with E-state index in [9.17, 15) is 14.7 Å². The molecule has 0 bridgehead atoms. The zero-order chi connectivity index (χ0) is 20.6. The number of carbonyl (C=O) groups excluding carboxylic acids is 2. The number of carbonyl (C=O) groups is 2. The van der Waals surface area contributed by atoms with Crippen LogP contribution in [-0.4, -0.2) is 65.6 Å². The molecule has 3 rings (SSSR count). The Bertz CT molecular complexity index is 807. The molecule has 1 aliphatic heterocycles. The van der Waals surface area contributed by atoms with Gasteiger partial charge in [0, 0.05) is 19.6 Å². The van der Waals surface area contributed by atoms with Crippen molar-refractivity contribution in [2.45, 2.75) is 25.9 Å². The number of aliphatic hydroxyl groups is 1. The van der Waals surface area contributed by atoms with Gasteiger partial charge in [-0.1, -0.05) is 42.5 Å². The topological polar surface area (TPSA) is 70.1 Å². The first-order valence-electron chi connectivity index (χ1n) is 10.0. The van der Waals surface area contributed by atoms with Crippen LogP contribution in [0.4, 0.5) is 0 Å². The summed E-state index contributed by atoms with van der Waals surface area (Å²) in [6.45, 7) is 3.46. The Hall–Kier alpha value is -2.86. The van der Waals surface area contributed by atoms with E-state index in [4.69, 9.17) is 4.74 Å². The van der Waals surface area contributed by atoms with Crippen molar-refractivity contribution in [3.05, 3.63) is 65.7 Å². The Labute approximate surface area is 171 Å². The molecule has 154 valence electrons. The summed E-state index contributed by atoms with van der Waals surface area (Å²) in [6.07, 6.45) is 0.164. The second-order valence-electron chi connectivity index (χ2n) is 7.26. The number of hydrogen-bond acceptors (Lipinski definition) is 4. The molecule has 1 fully saturated rings. The molecule has 1 atom stereocenters. The zero-order valence-corrected chi connectivity index (χ0v) is 16.8. The second-order valence-corrected chi connectivity index (χ2v) is 7.26. The lowest BCUT2D eigenvalue weighted by Crippen LogP contribution is -2.40. The number of aliphatic hydroxyl groups excluding tert-OH is 1. The van der Waals surface area contributed by atoms with Crippen molar-refractivity contribution in [2.24, 2.45) is 0 Å². The molecule has 6 heteroatoms. The maximum absolute atomic E-state index is 12.7. The highest BCUT2D eigenvalue weighted by Crippen LogP contribution is 2.14. The highest BCUT2D eigenvalue weighted by atomic mass is 16.5. The summed E-state index contributed by atoms with van der Waals surface area (Å²) in [6, 6.07) is 17.3. The highest BCUT2D eigenvalue weighted by Gasteiger charge is 2.29. The molecule has 0 aromatic heterocycles. The standard InChI is InChI=1S/C23H28N2O4/c1-2-29-21-10-8-19(9-11-21)14-22(27)25-16-20(26)15-24(23(28)17-25)13-12-18-6-4-3-5-7-18/h3-11,20,26H,2,12-17H2,1H3. The first-order chi connectivity index (χ1) is 14.0. The summed E-state index contributed by atoms with van der Waals surface area (Å²) in [5.74, 6) is 0.474. The molecule has 1 aliphatic rings. The summed E-state index contributed by atoms with van der Waals surface area (Å²) in [5.41, 5.74) is 1.99. The molecule has 0 spiro atoms. The van der Waals surface area contributed by atoms with Crippen LogP contribution in [0.3, 0.4) is 0 Å². The van der Waals surface area contributed by atoms with Crippen molar-refractivity contribution in [1.29, 1.82) is 0 Å². The lowest BCUT2D eigenvalue weighted by molar-refractivity contribution is -0.138. The Morgan fingerprint density at radius 3 is 2.48 bits per heavy atom. The Kier molecular flexibility index (Phi) is 7.25. The van der Waals surface area contributed by atoms with Gasteiger partial charge in [-0.15, -0.1) is 0 Å². The molecular formula is C23H28N2O4. The number of nitrogens with zero attached hydrogens (tertiary/aromatic N) is 2. The minimum Gasteiger partial charge on any atom is -0.494 e. The fourth-order valence-corrected chi connectivity index (χ4v) is 3.47. The average molecular weight is 396 g/mol. The third-order valence-electron chi connectivity index (χ3n) is 5.00. The number of benzene rings is 2. The molecule has 1 unspecified atom stereocenters. The average Bonchev–Trinajstić information content (AvgIpc) is 2.87. The highest BCUT2D eigenvalue weighted by molar-refractivity contribution is 5.86. The predicted molar refractivity (Wildman–Crippen MR) is 111 cm³/mol. The van der Waals surface area contributed by atoms with Gasteiger partial charge in [0.05, 0.1) is 25.7 Å². The monoisotopic (exact) mass is 396 g/mol. The molecule has 0 radical (unpaired) electrons. The van der Waals surface area contributed by atoms with E-state index in [2.05, 4.69) is 0 Å². The van der Waals surface area contributed by atoms with E-state index >= 15 is 0 Å². The molecule has 1 N–H and O–H groups in total. The maximum Gasteiger partial charge on any atom is 0.242 e. The number of amides is 2. The quantitative estimate of drug-likeness (QED) is 0.776. The number of hydrogen-bond donors (Lipinski definition) is 1. The van der Waals surface area contributed by atoms with E-state index in [1.54, 1.807) is 4.90 Å². The van der Waals surface area contributed by atoms with E-state index in [1.807, 2.05) is 61.5 Å². The molecule has 29 heavy (non-hydrogen) atoms. The van der Waals surface area contributed by atoms with Crippen LogP contribution in [0.5, 0.6) is 5.75 Å².